The zero-order valence-corrected chi connectivity index (χ0v) is 60.1. The summed E-state index contributed by atoms with van der Waals surface area (Å²) < 4.78 is 1.60. The zero-order valence-electron chi connectivity index (χ0n) is 60.1. The van der Waals surface area contributed by atoms with Crippen molar-refractivity contribution in [3.05, 3.63) is 112 Å². The molecule has 0 atom stereocenters. The van der Waals surface area contributed by atoms with E-state index in [4.69, 9.17) is 0 Å². The number of rotatable bonds is 66. The molecule has 2 nitrogen and oxygen atoms in total. The Morgan fingerprint density at radius 3 is 0.787 bits per heavy atom. The van der Waals surface area contributed by atoms with Crippen LogP contribution < -0.4 is 0 Å². The first-order valence-corrected chi connectivity index (χ1v) is 40.3. The Morgan fingerprint density at radius 1 is 0.270 bits per heavy atom. The Bertz CT molecular complexity index is 2070. The third-order valence-corrected chi connectivity index (χ3v) is 19.7. The van der Waals surface area contributed by atoms with E-state index < -0.39 is 0 Å². The van der Waals surface area contributed by atoms with Gasteiger partial charge in [-0.05, 0) is 86.8 Å². The zero-order chi connectivity index (χ0) is 63.2. The number of unbranched alkanes of at least 4 members (excludes halogenated alkanes) is 56. The quantitative estimate of drug-likeness (QED) is 0.0466. The molecule has 0 unspecified atom stereocenters. The highest BCUT2D eigenvalue weighted by atomic mass is 15.2. The highest BCUT2D eigenvalue weighted by Gasteiger charge is 2.34. The van der Waals surface area contributed by atoms with Crippen molar-refractivity contribution in [3.8, 4) is 0 Å². The molecule has 506 valence electrons. The van der Waals surface area contributed by atoms with Gasteiger partial charge < -0.3 is 5.53 Å². The van der Waals surface area contributed by atoms with Crippen molar-refractivity contribution in [2.45, 2.75) is 419 Å². The molecule has 0 bridgehead atoms. The van der Waals surface area contributed by atoms with E-state index in [-0.39, 0.29) is 0 Å². The summed E-state index contributed by atoms with van der Waals surface area (Å²) in [5.41, 5.74) is 21.9. The number of benzene rings is 2. The molecule has 2 aromatic rings. The molecule has 0 radical (unpaired) electrons. The minimum atomic E-state index is 0.946. The maximum absolute atomic E-state index is 12.8. The fraction of sp³-hybridized carbons (Fsp3) is 0.747. The fourth-order valence-electron chi connectivity index (χ4n) is 13.9. The van der Waals surface area contributed by atoms with Crippen LogP contribution >= 0.6 is 0 Å². The van der Waals surface area contributed by atoms with Crippen LogP contribution in [-0.4, -0.2) is 4.70 Å². The van der Waals surface area contributed by atoms with E-state index >= 15 is 0 Å². The molecular weight excluding hydrogens is 1070 g/mol. The van der Waals surface area contributed by atoms with E-state index in [1.54, 1.807) is 4.70 Å². The second kappa shape index (κ2) is 60.9. The van der Waals surface area contributed by atoms with Crippen LogP contribution in [0.4, 0.5) is 0 Å². The van der Waals surface area contributed by atoms with Crippen LogP contribution in [0.1, 0.15) is 442 Å². The molecule has 0 N–H and O–H groups in total. The molecule has 0 saturated heterocycles. The van der Waals surface area contributed by atoms with E-state index in [9.17, 15) is 5.53 Å². The maximum atomic E-state index is 12.8. The minimum Gasteiger partial charge on any atom is -0.493 e. The van der Waals surface area contributed by atoms with Gasteiger partial charge in [-0.3, -0.25) is 0 Å². The second-order valence-corrected chi connectivity index (χ2v) is 28.2. The first-order valence-electron chi connectivity index (χ1n) is 40.3. The van der Waals surface area contributed by atoms with Crippen molar-refractivity contribution in [2.24, 2.45) is 0 Å². The molecular formula is C87H148N2. The molecule has 89 heavy (non-hydrogen) atoms. The lowest BCUT2D eigenvalue weighted by Gasteiger charge is -2.11. The third-order valence-electron chi connectivity index (χ3n) is 19.7. The highest BCUT2D eigenvalue weighted by Crippen LogP contribution is 2.44. The van der Waals surface area contributed by atoms with Gasteiger partial charge in [0.2, 0.25) is 11.4 Å². The van der Waals surface area contributed by atoms with Gasteiger partial charge in [0, 0.05) is 16.7 Å². The monoisotopic (exact) mass is 1220 g/mol. The Hall–Kier alpha value is -3.26. The van der Waals surface area contributed by atoms with Gasteiger partial charge in [-0.25, -0.2) is 4.70 Å². The third kappa shape index (κ3) is 43.3. The standard InChI is InChI=1S/C87H148N2/c1-5-9-13-17-21-24-27-30-33-35-37-39-41-43-45-47-50-53-57-60-64-70-80-72-68-74-82(78-80)86-84(76-66-62-56-20-16-12-8-4)85(77-67-63-59-55-52-49-32-29-26-23-19-15-11-7-3)87(89(86)88)83-75-69-73-81(79-83)71-65-61-58-54-51-48-46-44-42-40-38-36-34-31-28-25-22-18-14-10-6-2/h64-66,68-76,78-79H,5-63,67,77H2,1-4H3/b70-64+,71-65+,76-66+. The number of hydrogen-bond acceptors (Lipinski definition) is 0. The van der Waals surface area contributed by atoms with E-state index in [0.717, 1.165) is 54.6 Å². The maximum Gasteiger partial charge on any atom is 0.215 e. The lowest BCUT2D eigenvalue weighted by atomic mass is 9.93. The Labute approximate surface area is 556 Å². The lowest BCUT2D eigenvalue weighted by Crippen LogP contribution is -2.03. The van der Waals surface area contributed by atoms with Crippen LogP contribution in [-0.2, 0) is 0 Å². The van der Waals surface area contributed by atoms with Crippen LogP contribution in [0.25, 0.3) is 29.1 Å². The molecule has 1 aliphatic heterocycles. The largest absolute Gasteiger partial charge is 0.493 e. The van der Waals surface area contributed by atoms with Crippen molar-refractivity contribution >= 4 is 23.5 Å². The van der Waals surface area contributed by atoms with Crippen molar-refractivity contribution in [1.82, 2.24) is 0 Å². The van der Waals surface area contributed by atoms with E-state index in [2.05, 4.69) is 113 Å². The molecule has 1 heterocycles. The SMILES string of the molecule is CCCCCCC/C=C/C1=C(c2cccc(/C=C/CCCCCCCCCCCCCCCCCCCCC)c2)[N+](=[N-])C(c2cccc(/C=C/CCCCCCCCCCCCCCCCCCCCC)c2)=C1CCCCCCCCCCCCCCCC. The normalized spacial score (nSPS) is 13.0. The second-order valence-electron chi connectivity index (χ2n) is 28.2. The average Bonchev–Trinajstić information content (AvgIpc) is 1.63. The molecule has 1 aliphatic rings. The Balaban J connectivity index is 1.58. The molecule has 2 aromatic carbocycles. The van der Waals surface area contributed by atoms with Gasteiger partial charge in [-0.1, -0.05) is 429 Å². The van der Waals surface area contributed by atoms with Crippen molar-refractivity contribution in [3.63, 3.8) is 0 Å². The molecule has 0 aliphatic carbocycles. The number of hydrogen-bond donors (Lipinski definition) is 0. The predicted octanol–water partition coefficient (Wildman–Crippen LogP) is 31.3. The summed E-state index contributed by atoms with van der Waals surface area (Å²) in [4.78, 5) is 0. The van der Waals surface area contributed by atoms with Crippen LogP contribution in [0.5, 0.6) is 0 Å². The highest BCUT2D eigenvalue weighted by molar-refractivity contribution is 5.85. The molecule has 0 aromatic heterocycles. The first kappa shape index (κ1) is 80.0. The van der Waals surface area contributed by atoms with Gasteiger partial charge in [0.1, 0.15) is 0 Å². The van der Waals surface area contributed by atoms with Crippen LogP contribution in [0, 0.1) is 0 Å². The lowest BCUT2D eigenvalue weighted by molar-refractivity contribution is -0.345. The minimum absolute atomic E-state index is 0.946. The number of allylic oxidation sites excluding steroid dienone is 6. The summed E-state index contributed by atoms with van der Waals surface area (Å²) in [7, 11) is 0. The van der Waals surface area contributed by atoms with E-state index in [1.807, 2.05) is 0 Å². The molecule has 0 spiro atoms. The van der Waals surface area contributed by atoms with Gasteiger partial charge in [0.15, 0.2) is 0 Å². The van der Waals surface area contributed by atoms with Gasteiger partial charge in [-0.2, -0.15) is 0 Å². The van der Waals surface area contributed by atoms with Crippen LogP contribution in [0.15, 0.2) is 84.0 Å². The van der Waals surface area contributed by atoms with E-state index in [0.29, 0.717) is 0 Å². The molecule has 0 amide bonds. The van der Waals surface area contributed by atoms with Gasteiger partial charge >= 0.3 is 0 Å². The summed E-state index contributed by atoms with van der Waals surface area (Å²) in [5.74, 6) is 0. The summed E-state index contributed by atoms with van der Waals surface area (Å²) in [6.07, 6.45) is 98.0. The predicted molar refractivity (Wildman–Crippen MR) is 402 cm³/mol. The van der Waals surface area contributed by atoms with Gasteiger partial charge in [0.25, 0.3) is 0 Å². The summed E-state index contributed by atoms with van der Waals surface area (Å²) in [5, 5.41) is 0. The smallest absolute Gasteiger partial charge is 0.215 e. The van der Waals surface area contributed by atoms with Gasteiger partial charge in [0.05, 0.1) is 5.57 Å². The van der Waals surface area contributed by atoms with E-state index in [1.165, 1.54) is 382 Å². The molecule has 3 rings (SSSR count). The average molecular weight is 1220 g/mol. The fourth-order valence-corrected chi connectivity index (χ4v) is 13.9. The Kier molecular flexibility index (Phi) is 54.8. The van der Waals surface area contributed by atoms with Crippen molar-refractivity contribution in [2.75, 3.05) is 0 Å². The van der Waals surface area contributed by atoms with Crippen molar-refractivity contribution < 1.29 is 4.70 Å². The summed E-state index contributed by atoms with van der Waals surface area (Å²) >= 11 is 0. The molecule has 0 fully saturated rings. The Morgan fingerprint density at radius 2 is 0.506 bits per heavy atom. The topological polar surface area (TPSA) is 25.3 Å². The van der Waals surface area contributed by atoms with Crippen LogP contribution in [0.2, 0.25) is 0 Å². The van der Waals surface area contributed by atoms with Crippen molar-refractivity contribution in [1.29, 1.82) is 0 Å². The first-order chi connectivity index (χ1) is 44.1. The van der Waals surface area contributed by atoms with Gasteiger partial charge in [-0.15, -0.1) is 0 Å². The van der Waals surface area contributed by atoms with Crippen LogP contribution in [0.3, 0.4) is 0 Å². The summed E-state index contributed by atoms with van der Waals surface area (Å²) in [6.45, 7) is 9.24. The molecule has 2 heteroatoms. The molecule has 0 saturated carbocycles. The summed E-state index contributed by atoms with van der Waals surface area (Å²) in [6, 6.07) is 18.1. The number of nitrogens with zero attached hydrogens (tertiary/aromatic N) is 2.